The van der Waals surface area contributed by atoms with Crippen LogP contribution in [0.5, 0.6) is 5.75 Å². The molecule has 0 saturated heterocycles. The minimum absolute atomic E-state index is 0.476. The average molecular weight is 175 g/mol. The van der Waals surface area contributed by atoms with Gasteiger partial charge < -0.3 is 10.1 Å². The van der Waals surface area contributed by atoms with E-state index >= 15 is 0 Å². The molecule has 1 saturated carbocycles. The molecule has 0 bridgehead atoms. The standard InChI is InChI=1S/C11H13NO/c1-13-9-4-2-3-8-10(9)12-7-11(8)5-6-11/h2-4,12H,5-7H2,1H3. The lowest BCUT2D eigenvalue weighted by Crippen LogP contribution is -2.07. The van der Waals surface area contributed by atoms with E-state index in [9.17, 15) is 0 Å². The Balaban J connectivity index is 2.17. The number of benzene rings is 1. The van der Waals surface area contributed by atoms with Crippen molar-refractivity contribution in [2.75, 3.05) is 19.0 Å². The molecule has 1 heterocycles. The van der Waals surface area contributed by atoms with Gasteiger partial charge in [0.1, 0.15) is 5.75 Å². The molecule has 68 valence electrons. The fourth-order valence-corrected chi connectivity index (χ4v) is 2.28. The van der Waals surface area contributed by atoms with Crippen molar-refractivity contribution in [2.24, 2.45) is 0 Å². The van der Waals surface area contributed by atoms with Gasteiger partial charge in [-0.05, 0) is 24.5 Å². The minimum atomic E-state index is 0.476. The van der Waals surface area contributed by atoms with Crippen LogP contribution < -0.4 is 10.1 Å². The number of fused-ring (bicyclic) bond motifs is 2. The third kappa shape index (κ3) is 0.831. The fraction of sp³-hybridized carbons (Fsp3) is 0.455. The van der Waals surface area contributed by atoms with Crippen molar-refractivity contribution in [3.63, 3.8) is 0 Å². The van der Waals surface area contributed by atoms with Gasteiger partial charge in [0, 0.05) is 12.0 Å². The molecule has 0 amide bonds. The van der Waals surface area contributed by atoms with E-state index in [2.05, 4.69) is 17.4 Å². The normalized spacial score (nSPS) is 21.0. The molecule has 13 heavy (non-hydrogen) atoms. The number of rotatable bonds is 1. The summed E-state index contributed by atoms with van der Waals surface area (Å²) in [6, 6.07) is 6.34. The highest BCUT2D eigenvalue weighted by Gasteiger charge is 2.49. The fourth-order valence-electron chi connectivity index (χ4n) is 2.28. The highest BCUT2D eigenvalue weighted by molar-refractivity contribution is 5.70. The van der Waals surface area contributed by atoms with Crippen LogP contribution in [0.3, 0.4) is 0 Å². The van der Waals surface area contributed by atoms with E-state index in [-0.39, 0.29) is 0 Å². The zero-order chi connectivity index (χ0) is 8.89. The maximum atomic E-state index is 5.32. The van der Waals surface area contributed by atoms with Crippen LogP contribution in [-0.4, -0.2) is 13.7 Å². The summed E-state index contributed by atoms with van der Waals surface area (Å²) in [4.78, 5) is 0. The SMILES string of the molecule is COc1cccc2c1NCC21CC1. The Hall–Kier alpha value is -1.18. The number of hydrogen-bond acceptors (Lipinski definition) is 2. The number of para-hydroxylation sites is 1. The highest BCUT2D eigenvalue weighted by atomic mass is 16.5. The molecule has 0 aromatic heterocycles. The molecule has 1 aromatic rings. The first kappa shape index (κ1) is 7.25. The van der Waals surface area contributed by atoms with Crippen LogP contribution in [0, 0.1) is 0 Å². The second kappa shape index (κ2) is 2.19. The van der Waals surface area contributed by atoms with Crippen LogP contribution in [-0.2, 0) is 5.41 Å². The van der Waals surface area contributed by atoms with Crippen LogP contribution in [0.1, 0.15) is 18.4 Å². The Bertz CT molecular complexity index is 355. The van der Waals surface area contributed by atoms with Gasteiger partial charge in [0.2, 0.25) is 0 Å². The Morgan fingerprint density at radius 1 is 1.38 bits per heavy atom. The van der Waals surface area contributed by atoms with Gasteiger partial charge in [0.05, 0.1) is 12.8 Å². The lowest BCUT2D eigenvalue weighted by atomic mass is 9.98. The maximum absolute atomic E-state index is 5.32. The average Bonchev–Trinajstić information content (AvgIpc) is 2.85. The third-order valence-corrected chi connectivity index (χ3v) is 3.27. The smallest absolute Gasteiger partial charge is 0.142 e. The Morgan fingerprint density at radius 2 is 2.23 bits per heavy atom. The van der Waals surface area contributed by atoms with Gasteiger partial charge in [-0.25, -0.2) is 0 Å². The number of methoxy groups -OCH3 is 1. The van der Waals surface area contributed by atoms with Gasteiger partial charge >= 0.3 is 0 Å². The quantitative estimate of drug-likeness (QED) is 0.706. The van der Waals surface area contributed by atoms with Gasteiger partial charge in [0.25, 0.3) is 0 Å². The molecule has 1 aliphatic heterocycles. The number of ether oxygens (including phenoxy) is 1. The first-order chi connectivity index (χ1) is 6.36. The Morgan fingerprint density at radius 3 is 2.92 bits per heavy atom. The minimum Gasteiger partial charge on any atom is -0.495 e. The number of nitrogens with one attached hydrogen (secondary N) is 1. The van der Waals surface area contributed by atoms with E-state index in [0.717, 1.165) is 12.3 Å². The van der Waals surface area contributed by atoms with Crippen molar-refractivity contribution in [1.82, 2.24) is 0 Å². The summed E-state index contributed by atoms with van der Waals surface area (Å²) in [5.41, 5.74) is 3.17. The topological polar surface area (TPSA) is 21.3 Å². The monoisotopic (exact) mass is 175 g/mol. The van der Waals surface area contributed by atoms with Gasteiger partial charge in [-0.3, -0.25) is 0 Å². The van der Waals surface area contributed by atoms with Crippen molar-refractivity contribution in [2.45, 2.75) is 18.3 Å². The number of hydrogen-bond donors (Lipinski definition) is 1. The van der Waals surface area contributed by atoms with Gasteiger partial charge in [-0.1, -0.05) is 12.1 Å². The van der Waals surface area contributed by atoms with Crippen LogP contribution in [0.4, 0.5) is 5.69 Å². The van der Waals surface area contributed by atoms with Crippen molar-refractivity contribution in [1.29, 1.82) is 0 Å². The Kier molecular flexibility index (Phi) is 1.22. The molecule has 1 aliphatic carbocycles. The third-order valence-electron chi connectivity index (χ3n) is 3.27. The van der Waals surface area contributed by atoms with Crippen LogP contribution in [0.25, 0.3) is 0 Å². The van der Waals surface area contributed by atoms with Gasteiger partial charge in [-0.15, -0.1) is 0 Å². The molecule has 1 spiro atoms. The molecular weight excluding hydrogens is 162 g/mol. The Labute approximate surface area is 77.9 Å². The molecule has 1 N–H and O–H groups in total. The summed E-state index contributed by atoms with van der Waals surface area (Å²) in [7, 11) is 1.73. The van der Waals surface area contributed by atoms with E-state index in [4.69, 9.17) is 4.74 Å². The molecule has 2 nitrogen and oxygen atoms in total. The molecule has 2 aliphatic rings. The van der Waals surface area contributed by atoms with Crippen LogP contribution in [0.2, 0.25) is 0 Å². The van der Waals surface area contributed by atoms with Gasteiger partial charge in [0.15, 0.2) is 0 Å². The first-order valence-corrected chi connectivity index (χ1v) is 4.77. The van der Waals surface area contributed by atoms with E-state index in [1.807, 2.05) is 6.07 Å². The van der Waals surface area contributed by atoms with Crippen molar-refractivity contribution < 1.29 is 4.74 Å². The summed E-state index contributed by atoms with van der Waals surface area (Å²) in [5, 5.41) is 3.45. The van der Waals surface area contributed by atoms with Crippen molar-refractivity contribution in [3.8, 4) is 5.75 Å². The number of anilines is 1. The lowest BCUT2D eigenvalue weighted by molar-refractivity contribution is 0.416. The molecule has 0 unspecified atom stereocenters. The van der Waals surface area contributed by atoms with Gasteiger partial charge in [-0.2, -0.15) is 0 Å². The largest absolute Gasteiger partial charge is 0.495 e. The molecule has 0 radical (unpaired) electrons. The summed E-state index contributed by atoms with van der Waals surface area (Å²) in [5.74, 6) is 0.987. The van der Waals surface area contributed by atoms with E-state index in [1.54, 1.807) is 7.11 Å². The zero-order valence-electron chi connectivity index (χ0n) is 7.76. The molecule has 3 rings (SSSR count). The van der Waals surface area contributed by atoms with Crippen LogP contribution in [0.15, 0.2) is 18.2 Å². The van der Waals surface area contributed by atoms with E-state index in [0.29, 0.717) is 5.41 Å². The predicted octanol–water partition coefficient (Wildman–Crippen LogP) is 2.15. The lowest BCUT2D eigenvalue weighted by Gasteiger charge is -2.07. The molecule has 1 fully saturated rings. The molecule has 1 aromatic carbocycles. The highest BCUT2D eigenvalue weighted by Crippen LogP contribution is 2.56. The predicted molar refractivity (Wildman–Crippen MR) is 52.4 cm³/mol. The second-order valence-electron chi connectivity index (χ2n) is 4.02. The van der Waals surface area contributed by atoms with Crippen molar-refractivity contribution in [3.05, 3.63) is 23.8 Å². The second-order valence-corrected chi connectivity index (χ2v) is 4.02. The summed E-state index contributed by atoms with van der Waals surface area (Å²) < 4.78 is 5.32. The van der Waals surface area contributed by atoms with Crippen molar-refractivity contribution >= 4 is 5.69 Å². The van der Waals surface area contributed by atoms with Crippen LogP contribution >= 0.6 is 0 Å². The molecule has 2 heteroatoms. The molecular formula is C11H13NO. The maximum Gasteiger partial charge on any atom is 0.142 e. The van der Waals surface area contributed by atoms with E-state index < -0.39 is 0 Å². The summed E-state index contributed by atoms with van der Waals surface area (Å²) >= 11 is 0. The zero-order valence-corrected chi connectivity index (χ0v) is 7.76. The summed E-state index contributed by atoms with van der Waals surface area (Å²) in [6.07, 6.45) is 2.67. The van der Waals surface area contributed by atoms with E-state index in [1.165, 1.54) is 24.1 Å². The summed E-state index contributed by atoms with van der Waals surface area (Å²) in [6.45, 7) is 1.10. The molecule has 0 atom stereocenters. The first-order valence-electron chi connectivity index (χ1n) is 4.77.